The minimum atomic E-state index is -0.510. The highest BCUT2D eigenvalue weighted by molar-refractivity contribution is 5.84. The van der Waals surface area contributed by atoms with Crippen molar-refractivity contribution in [3.05, 3.63) is 42.4 Å². The van der Waals surface area contributed by atoms with Crippen LogP contribution in [-0.4, -0.2) is 30.0 Å². The maximum atomic E-state index is 12.1. The van der Waals surface area contributed by atoms with Gasteiger partial charge in [0.1, 0.15) is 6.04 Å². The fourth-order valence-electron chi connectivity index (χ4n) is 2.73. The third-order valence-electron chi connectivity index (χ3n) is 4.27. The third-order valence-corrected chi connectivity index (χ3v) is 4.27. The van der Waals surface area contributed by atoms with Crippen molar-refractivity contribution in [3.8, 4) is 11.3 Å². The normalized spacial score (nSPS) is 14.8. The second-order valence-corrected chi connectivity index (χ2v) is 6.24. The number of esters is 1. The molecule has 1 atom stereocenters. The number of benzene rings is 1. The summed E-state index contributed by atoms with van der Waals surface area (Å²) in [5.41, 5.74) is 0.976. The average Bonchev–Trinajstić information content (AvgIpc) is 3.37. The molecule has 3 rings (SSSR count). The molecule has 0 saturated heterocycles. The summed E-state index contributed by atoms with van der Waals surface area (Å²) >= 11 is 0. The predicted octanol–water partition coefficient (Wildman–Crippen LogP) is 2.73. The van der Waals surface area contributed by atoms with Gasteiger partial charge in [0.25, 0.3) is 0 Å². The van der Waals surface area contributed by atoms with Gasteiger partial charge < -0.3 is 14.5 Å². The highest BCUT2D eigenvalue weighted by Crippen LogP contribution is 2.33. The molecule has 2 aromatic rings. The minimum absolute atomic E-state index is 0.142. The molecule has 132 valence electrons. The van der Waals surface area contributed by atoms with Crippen LogP contribution in [0.4, 0.5) is 0 Å². The van der Waals surface area contributed by atoms with E-state index >= 15 is 0 Å². The highest BCUT2D eigenvalue weighted by Gasteiger charge is 2.37. The van der Waals surface area contributed by atoms with E-state index < -0.39 is 6.04 Å². The molecular weight excluding hydrogens is 320 g/mol. The van der Waals surface area contributed by atoms with Crippen LogP contribution in [-0.2, 0) is 20.7 Å². The summed E-state index contributed by atoms with van der Waals surface area (Å²) in [5.74, 6) is 1.04. The van der Waals surface area contributed by atoms with Gasteiger partial charge in [0.2, 0.25) is 5.91 Å². The number of aromatic nitrogens is 1. The van der Waals surface area contributed by atoms with Crippen LogP contribution in [0, 0.1) is 5.92 Å². The maximum Gasteiger partial charge on any atom is 0.328 e. The lowest BCUT2D eigenvalue weighted by Gasteiger charge is -2.15. The summed E-state index contributed by atoms with van der Waals surface area (Å²) in [6, 6.07) is 9.25. The molecule has 1 aromatic carbocycles. The second-order valence-electron chi connectivity index (χ2n) is 6.24. The molecular formula is C19H22N2O4. The van der Waals surface area contributed by atoms with Gasteiger partial charge in [-0.05, 0) is 25.2 Å². The Morgan fingerprint density at radius 1 is 1.32 bits per heavy atom. The number of methoxy groups -OCH3 is 1. The molecule has 1 amide bonds. The predicted molar refractivity (Wildman–Crippen MR) is 91.5 cm³/mol. The van der Waals surface area contributed by atoms with Crippen molar-refractivity contribution < 1.29 is 18.7 Å². The van der Waals surface area contributed by atoms with E-state index in [1.54, 1.807) is 6.20 Å². The van der Waals surface area contributed by atoms with E-state index in [4.69, 9.17) is 9.15 Å². The fourth-order valence-corrected chi connectivity index (χ4v) is 2.73. The van der Waals surface area contributed by atoms with E-state index in [0.29, 0.717) is 25.2 Å². The zero-order valence-electron chi connectivity index (χ0n) is 14.2. The molecule has 1 heterocycles. The largest absolute Gasteiger partial charge is 0.467 e. The molecule has 6 nitrogen and oxygen atoms in total. The Labute approximate surface area is 146 Å². The van der Waals surface area contributed by atoms with Gasteiger partial charge in [0, 0.05) is 18.4 Å². The first kappa shape index (κ1) is 17.2. The first-order chi connectivity index (χ1) is 12.2. The summed E-state index contributed by atoms with van der Waals surface area (Å²) in [6.45, 7) is 0. The zero-order chi connectivity index (χ0) is 17.6. The van der Waals surface area contributed by atoms with Gasteiger partial charge in [0.05, 0.1) is 13.3 Å². The zero-order valence-corrected chi connectivity index (χ0v) is 14.2. The standard InChI is InChI=1S/C19H22N2O4/c1-24-19(23)18(14-10-11-14)21-16(22)8-5-9-17-20-12-15(25-17)13-6-3-2-4-7-13/h2-4,6-7,12,14,18H,5,8-11H2,1H3,(H,21,22)/t18-/m0/s1. The lowest BCUT2D eigenvalue weighted by molar-refractivity contribution is -0.145. The number of rotatable bonds is 8. The summed E-state index contributed by atoms with van der Waals surface area (Å²) < 4.78 is 10.5. The summed E-state index contributed by atoms with van der Waals surface area (Å²) in [5, 5.41) is 2.78. The molecule has 1 saturated carbocycles. The minimum Gasteiger partial charge on any atom is -0.467 e. The first-order valence-corrected chi connectivity index (χ1v) is 8.54. The van der Waals surface area contributed by atoms with Crippen LogP contribution in [0.15, 0.2) is 40.9 Å². The molecule has 0 bridgehead atoms. The number of amides is 1. The summed E-state index contributed by atoms with van der Waals surface area (Å²) in [7, 11) is 1.34. The van der Waals surface area contributed by atoms with Crippen molar-refractivity contribution in [2.45, 2.75) is 38.1 Å². The van der Waals surface area contributed by atoms with Crippen LogP contribution < -0.4 is 5.32 Å². The Balaban J connectivity index is 1.45. The first-order valence-electron chi connectivity index (χ1n) is 8.54. The molecule has 1 N–H and O–H groups in total. The van der Waals surface area contributed by atoms with Gasteiger partial charge in [0.15, 0.2) is 11.7 Å². The molecule has 0 spiro atoms. The Bertz CT molecular complexity index is 722. The number of ether oxygens (including phenoxy) is 1. The van der Waals surface area contributed by atoms with E-state index in [1.807, 2.05) is 30.3 Å². The third kappa shape index (κ3) is 4.68. The molecule has 1 aliphatic carbocycles. The summed E-state index contributed by atoms with van der Waals surface area (Å²) in [6.07, 6.45) is 5.12. The lowest BCUT2D eigenvalue weighted by Crippen LogP contribution is -2.43. The monoisotopic (exact) mass is 342 g/mol. The van der Waals surface area contributed by atoms with Crippen LogP contribution >= 0.6 is 0 Å². The quantitative estimate of drug-likeness (QED) is 0.746. The Morgan fingerprint density at radius 3 is 2.76 bits per heavy atom. The molecule has 0 radical (unpaired) electrons. The van der Waals surface area contributed by atoms with Gasteiger partial charge >= 0.3 is 5.97 Å². The van der Waals surface area contributed by atoms with Crippen molar-refractivity contribution in [1.82, 2.24) is 10.3 Å². The van der Waals surface area contributed by atoms with Gasteiger partial charge in [-0.25, -0.2) is 9.78 Å². The molecule has 0 aliphatic heterocycles. The van der Waals surface area contributed by atoms with E-state index in [2.05, 4.69) is 10.3 Å². The Hall–Kier alpha value is -2.63. The number of hydrogen-bond donors (Lipinski definition) is 1. The Morgan fingerprint density at radius 2 is 2.08 bits per heavy atom. The van der Waals surface area contributed by atoms with Crippen LogP contribution in [0.5, 0.6) is 0 Å². The van der Waals surface area contributed by atoms with Crippen molar-refractivity contribution in [1.29, 1.82) is 0 Å². The molecule has 1 aliphatic rings. The molecule has 6 heteroatoms. The van der Waals surface area contributed by atoms with E-state index in [0.717, 1.165) is 24.2 Å². The van der Waals surface area contributed by atoms with E-state index in [1.165, 1.54) is 7.11 Å². The van der Waals surface area contributed by atoms with Gasteiger partial charge in [-0.15, -0.1) is 0 Å². The van der Waals surface area contributed by atoms with Crippen LogP contribution in [0.3, 0.4) is 0 Å². The smallest absolute Gasteiger partial charge is 0.328 e. The van der Waals surface area contributed by atoms with Gasteiger partial charge in [-0.3, -0.25) is 4.79 Å². The number of nitrogens with one attached hydrogen (secondary N) is 1. The second kappa shape index (κ2) is 7.96. The fraction of sp³-hybridized carbons (Fsp3) is 0.421. The lowest BCUT2D eigenvalue weighted by atomic mass is 10.1. The number of oxazole rings is 1. The number of carbonyl (C=O) groups is 2. The molecule has 25 heavy (non-hydrogen) atoms. The average molecular weight is 342 g/mol. The number of nitrogens with zero attached hydrogens (tertiary/aromatic N) is 1. The molecule has 1 fully saturated rings. The topological polar surface area (TPSA) is 81.4 Å². The molecule has 1 aromatic heterocycles. The number of hydrogen-bond acceptors (Lipinski definition) is 5. The van der Waals surface area contributed by atoms with Crippen LogP contribution in [0.2, 0.25) is 0 Å². The molecule has 0 unspecified atom stereocenters. The van der Waals surface area contributed by atoms with Gasteiger partial charge in [-0.1, -0.05) is 30.3 Å². The number of aryl methyl sites for hydroxylation is 1. The number of carbonyl (C=O) groups excluding carboxylic acids is 2. The van der Waals surface area contributed by atoms with Crippen LogP contribution in [0.25, 0.3) is 11.3 Å². The highest BCUT2D eigenvalue weighted by atomic mass is 16.5. The van der Waals surface area contributed by atoms with Gasteiger partial charge in [-0.2, -0.15) is 0 Å². The summed E-state index contributed by atoms with van der Waals surface area (Å²) in [4.78, 5) is 28.0. The van der Waals surface area contributed by atoms with E-state index in [-0.39, 0.29) is 17.8 Å². The van der Waals surface area contributed by atoms with E-state index in [9.17, 15) is 9.59 Å². The van der Waals surface area contributed by atoms with Crippen LogP contribution in [0.1, 0.15) is 31.6 Å². The SMILES string of the molecule is COC(=O)[C@@H](NC(=O)CCCc1ncc(-c2ccccc2)o1)C1CC1. The Kier molecular flexibility index (Phi) is 5.48. The maximum absolute atomic E-state index is 12.1. The van der Waals surface area contributed by atoms with Crippen molar-refractivity contribution in [3.63, 3.8) is 0 Å². The van der Waals surface area contributed by atoms with Crippen molar-refractivity contribution in [2.24, 2.45) is 5.92 Å². The van der Waals surface area contributed by atoms with Crippen molar-refractivity contribution >= 4 is 11.9 Å². The van der Waals surface area contributed by atoms with Crippen molar-refractivity contribution in [2.75, 3.05) is 7.11 Å².